The first kappa shape index (κ1) is 11.3. The summed E-state index contributed by atoms with van der Waals surface area (Å²) in [6, 6.07) is 4.22. The van der Waals surface area contributed by atoms with Crippen molar-refractivity contribution in [2.45, 2.75) is 25.3 Å². The van der Waals surface area contributed by atoms with Crippen LogP contribution in [0.1, 0.15) is 24.0 Å². The van der Waals surface area contributed by atoms with Gasteiger partial charge in [-0.25, -0.2) is 0 Å². The lowest BCUT2D eigenvalue weighted by atomic mass is 10.0. The van der Waals surface area contributed by atoms with Gasteiger partial charge < -0.3 is 14.8 Å². The summed E-state index contributed by atoms with van der Waals surface area (Å²) in [5.41, 5.74) is 2.46. The molecule has 0 aliphatic heterocycles. The third-order valence-corrected chi connectivity index (χ3v) is 3.53. The number of ether oxygens (including phenoxy) is 2. The molecule has 0 heterocycles. The molecule has 3 nitrogen and oxygen atoms in total. The van der Waals surface area contributed by atoms with E-state index in [1.807, 2.05) is 14.0 Å². The molecule has 0 saturated heterocycles. The third-order valence-electron chi connectivity index (χ3n) is 3.53. The van der Waals surface area contributed by atoms with Gasteiger partial charge in [0.2, 0.25) is 0 Å². The molecule has 1 N–H and O–H groups in total. The molecule has 0 atom stereocenters. The average Bonchev–Trinajstić information content (AvgIpc) is 3.10. The minimum Gasteiger partial charge on any atom is -0.496 e. The highest BCUT2D eigenvalue weighted by Crippen LogP contribution is 2.47. The lowest BCUT2D eigenvalue weighted by Gasteiger charge is -2.18. The maximum Gasteiger partial charge on any atom is 0.125 e. The molecule has 1 aliphatic carbocycles. The Morgan fingerprint density at radius 1 is 1.12 bits per heavy atom. The molecule has 16 heavy (non-hydrogen) atoms. The van der Waals surface area contributed by atoms with Crippen LogP contribution in [0.4, 0.5) is 0 Å². The van der Waals surface area contributed by atoms with Crippen molar-refractivity contribution in [3.63, 3.8) is 0 Å². The summed E-state index contributed by atoms with van der Waals surface area (Å²) in [5.74, 6) is 1.80. The summed E-state index contributed by atoms with van der Waals surface area (Å²) in [6.07, 6.45) is 2.36. The largest absolute Gasteiger partial charge is 0.496 e. The Kier molecular flexibility index (Phi) is 2.80. The van der Waals surface area contributed by atoms with Crippen LogP contribution in [0.3, 0.4) is 0 Å². The Morgan fingerprint density at radius 3 is 1.94 bits per heavy atom. The summed E-state index contributed by atoms with van der Waals surface area (Å²) in [7, 11) is 5.40. The smallest absolute Gasteiger partial charge is 0.125 e. The zero-order valence-electron chi connectivity index (χ0n) is 10.4. The molecule has 1 aromatic rings. The van der Waals surface area contributed by atoms with Crippen LogP contribution in [0.25, 0.3) is 0 Å². The van der Waals surface area contributed by atoms with E-state index in [0.29, 0.717) is 0 Å². The van der Waals surface area contributed by atoms with E-state index in [1.165, 1.54) is 18.4 Å². The first-order valence-corrected chi connectivity index (χ1v) is 5.59. The first-order valence-electron chi connectivity index (χ1n) is 5.59. The van der Waals surface area contributed by atoms with E-state index >= 15 is 0 Å². The zero-order chi connectivity index (χ0) is 11.8. The summed E-state index contributed by atoms with van der Waals surface area (Å²) in [4.78, 5) is 0. The summed E-state index contributed by atoms with van der Waals surface area (Å²) in [6.45, 7) is 2.01. The lowest BCUT2D eigenvalue weighted by molar-refractivity contribution is 0.386. The second-order valence-corrected chi connectivity index (χ2v) is 4.34. The van der Waals surface area contributed by atoms with Gasteiger partial charge in [0.05, 0.1) is 14.2 Å². The van der Waals surface area contributed by atoms with Gasteiger partial charge in [-0.15, -0.1) is 0 Å². The molecule has 2 rings (SSSR count). The van der Waals surface area contributed by atoms with E-state index in [1.54, 1.807) is 14.2 Å². The Labute approximate surface area is 96.8 Å². The highest BCUT2D eigenvalue weighted by molar-refractivity contribution is 5.50. The minimum atomic E-state index is 0.147. The molecule has 88 valence electrons. The monoisotopic (exact) mass is 221 g/mol. The van der Waals surface area contributed by atoms with Crippen molar-refractivity contribution in [1.29, 1.82) is 0 Å². The molecule has 1 fully saturated rings. The predicted octanol–water partition coefficient (Wildman–Crippen LogP) is 2.22. The van der Waals surface area contributed by atoms with Crippen molar-refractivity contribution in [3.8, 4) is 11.5 Å². The Balaban J connectivity index is 2.47. The van der Waals surface area contributed by atoms with E-state index in [4.69, 9.17) is 9.47 Å². The molecule has 1 saturated carbocycles. The van der Waals surface area contributed by atoms with Crippen LogP contribution in [0.2, 0.25) is 0 Å². The molecule has 0 amide bonds. The van der Waals surface area contributed by atoms with Gasteiger partial charge in [0.25, 0.3) is 0 Å². The molecule has 0 radical (unpaired) electrons. The summed E-state index contributed by atoms with van der Waals surface area (Å²) >= 11 is 0. The standard InChI is InChI=1S/C13H19NO2/c1-9-11(15-3)7-10(8-12(9)16-4)13(14-2)5-6-13/h7-8,14H,5-6H2,1-4H3. The van der Waals surface area contributed by atoms with E-state index in [9.17, 15) is 0 Å². The van der Waals surface area contributed by atoms with Crippen molar-refractivity contribution in [2.75, 3.05) is 21.3 Å². The molecule has 1 aliphatic rings. The van der Waals surface area contributed by atoms with Crippen LogP contribution < -0.4 is 14.8 Å². The van der Waals surface area contributed by atoms with Gasteiger partial charge in [0.1, 0.15) is 11.5 Å². The lowest BCUT2D eigenvalue weighted by Crippen LogP contribution is -2.24. The van der Waals surface area contributed by atoms with Crippen molar-refractivity contribution in [1.82, 2.24) is 5.32 Å². The van der Waals surface area contributed by atoms with Gasteiger partial charge >= 0.3 is 0 Å². The van der Waals surface area contributed by atoms with Crippen molar-refractivity contribution in [2.24, 2.45) is 0 Å². The minimum absolute atomic E-state index is 0.147. The van der Waals surface area contributed by atoms with Gasteiger partial charge in [-0.1, -0.05) is 0 Å². The van der Waals surface area contributed by atoms with Crippen LogP contribution in [0.5, 0.6) is 11.5 Å². The molecule has 0 spiro atoms. The van der Waals surface area contributed by atoms with Crippen LogP contribution in [-0.4, -0.2) is 21.3 Å². The van der Waals surface area contributed by atoms with E-state index in [-0.39, 0.29) is 5.54 Å². The average molecular weight is 221 g/mol. The van der Waals surface area contributed by atoms with Gasteiger partial charge in [-0.05, 0) is 44.5 Å². The fourth-order valence-corrected chi connectivity index (χ4v) is 2.17. The SMILES string of the molecule is CNC1(c2cc(OC)c(C)c(OC)c2)CC1. The highest BCUT2D eigenvalue weighted by Gasteiger charge is 2.43. The molecular weight excluding hydrogens is 202 g/mol. The normalized spacial score (nSPS) is 17.0. The highest BCUT2D eigenvalue weighted by atomic mass is 16.5. The molecule has 0 unspecified atom stereocenters. The quantitative estimate of drug-likeness (QED) is 0.845. The van der Waals surface area contributed by atoms with E-state index in [2.05, 4.69) is 17.4 Å². The predicted molar refractivity (Wildman–Crippen MR) is 64.3 cm³/mol. The van der Waals surface area contributed by atoms with Gasteiger partial charge in [0, 0.05) is 11.1 Å². The Morgan fingerprint density at radius 2 is 1.62 bits per heavy atom. The number of hydrogen-bond acceptors (Lipinski definition) is 3. The summed E-state index contributed by atoms with van der Waals surface area (Å²) in [5, 5.41) is 3.38. The van der Waals surface area contributed by atoms with Crippen molar-refractivity contribution < 1.29 is 9.47 Å². The maximum atomic E-state index is 5.39. The molecule has 3 heteroatoms. The van der Waals surface area contributed by atoms with Gasteiger partial charge in [0.15, 0.2) is 0 Å². The Bertz CT molecular complexity index is 372. The fourth-order valence-electron chi connectivity index (χ4n) is 2.17. The summed E-state index contributed by atoms with van der Waals surface area (Å²) < 4.78 is 10.8. The molecule has 0 aromatic heterocycles. The van der Waals surface area contributed by atoms with Gasteiger partial charge in [-0.3, -0.25) is 0 Å². The zero-order valence-corrected chi connectivity index (χ0v) is 10.4. The Hall–Kier alpha value is -1.22. The first-order chi connectivity index (χ1) is 7.66. The molecule has 0 bridgehead atoms. The topological polar surface area (TPSA) is 30.5 Å². The third kappa shape index (κ3) is 1.65. The molecule has 1 aromatic carbocycles. The van der Waals surface area contributed by atoms with Crippen LogP contribution >= 0.6 is 0 Å². The van der Waals surface area contributed by atoms with Crippen LogP contribution in [0.15, 0.2) is 12.1 Å². The van der Waals surface area contributed by atoms with Crippen molar-refractivity contribution >= 4 is 0 Å². The van der Waals surface area contributed by atoms with E-state index < -0.39 is 0 Å². The van der Waals surface area contributed by atoms with E-state index in [0.717, 1.165) is 17.1 Å². The van der Waals surface area contributed by atoms with Gasteiger partial charge in [-0.2, -0.15) is 0 Å². The van der Waals surface area contributed by atoms with Crippen molar-refractivity contribution in [3.05, 3.63) is 23.3 Å². The number of nitrogens with one attached hydrogen (secondary N) is 1. The number of methoxy groups -OCH3 is 2. The second-order valence-electron chi connectivity index (χ2n) is 4.34. The van der Waals surface area contributed by atoms with Crippen LogP contribution in [-0.2, 0) is 5.54 Å². The molecular formula is C13H19NO2. The van der Waals surface area contributed by atoms with Crippen LogP contribution in [0, 0.1) is 6.92 Å². The number of hydrogen-bond donors (Lipinski definition) is 1. The maximum absolute atomic E-state index is 5.39. The number of rotatable bonds is 4. The number of benzene rings is 1. The second kappa shape index (κ2) is 3.98. The fraction of sp³-hybridized carbons (Fsp3) is 0.538.